The van der Waals surface area contributed by atoms with E-state index in [0.29, 0.717) is 12.5 Å². The van der Waals surface area contributed by atoms with Crippen LogP contribution in [-0.4, -0.2) is 29.9 Å². The minimum atomic E-state index is -0.696. The van der Waals surface area contributed by atoms with Crippen molar-refractivity contribution in [1.82, 2.24) is 10.6 Å². The Morgan fingerprint density at radius 3 is 2.12 bits per heavy atom. The summed E-state index contributed by atoms with van der Waals surface area (Å²) >= 11 is 4.58. The zero-order valence-electron chi connectivity index (χ0n) is 9.71. The summed E-state index contributed by atoms with van der Waals surface area (Å²) in [6.07, 6.45) is 1.95. The van der Waals surface area contributed by atoms with Crippen LogP contribution < -0.4 is 16.4 Å². The third-order valence-corrected chi connectivity index (χ3v) is 2.48. The van der Waals surface area contributed by atoms with Gasteiger partial charge in [-0.05, 0) is 5.92 Å². The molecule has 0 radical (unpaired) electrons. The summed E-state index contributed by atoms with van der Waals surface area (Å²) in [5.74, 6) is -0.922. The fraction of sp³-hybridized carbons (Fsp3) is 0.700. The van der Waals surface area contributed by atoms with Gasteiger partial charge in [0.2, 0.25) is 0 Å². The molecule has 4 N–H and O–H groups in total. The van der Waals surface area contributed by atoms with Gasteiger partial charge in [0.05, 0.1) is 11.5 Å². The lowest BCUT2D eigenvalue weighted by Gasteiger charge is -2.12. The molecule has 16 heavy (non-hydrogen) atoms. The van der Waals surface area contributed by atoms with Gasteiger partial charge < -0.3 is 16.4 Å². The van der Waals surface area contributed by atoms with Crippen molar-refractivity contribution < 1.29 is 9.59 Å². The maximum absolute atomic E-state index is 11.3. The maximum atomic E-state index is 11.3. The molecule has 0 spiro atoms. The first kappa shape index (κ1) is 14.8. The van der Waals surface area contributed by atoms with Crippen LogP contribution in [0, 0.1) is 5.92 Å². The van der Waals surface area contributed by atoms with E-state index in [4.69, 9.17) is 5.73 Å². The number of rotatable bonds is 6. The average molecular weight is 245 g/mol. The lowest BCUT2D eigenvalue weighted by Crippen LogP contribution is -2.43. The van der Waals surface area contributed by atoms with Crippen molar-refractivity contribution in [2.24, 2.45) is 11.7 Å². The molecular weight excluding hydrogens is 226 g/mol. The fourth-order valence-corrected chi connectivity index (χ4v) is 1.21. The van der Waals surface area contributed by atoms with Gasteiger partial charge in [0.1, 0.15) is 0 Å². The second kappa shape index (κ2) is 8.04. The first-order chi connectivity index (χ1) is 7.51. The fourth-order valence-electron chi connectivity index (χ4n) is 1.14. The van der Waals surface area contributed by atoms with Gasteiger partial charge >= 0.3 is 11.8 Å². The summed E-state index contributed by atoms with van der Waals surface area (Å²) in [6, 6.07) is 0. The molecule has 0 bridgehead atoms. The number of thiocarbonyl (C=S) groups is 1. The van der Waals surface area contributed by atoms with Crippen LogP contribution in [0.5, 0.6) is 0 Å². The molecule has 0 aromatic heterocycles. The Morgan fingerprint density at radius 2 is 1.69 bits per heavy atom. The molecule has 0 aliphatic carbocycles. The first-order valence-corrected chi connectivity index (χ1v) is 5.76. The van der Waals surface area contributed by atoms with Crippen molar-refractivity contribution in [2.45, 2.75) is 26.7 Å². The minimum absolute atomic E-state index is 0.0482. The molecule has 5 nitrogen and oxygen atoms in total. The van der Waals surface area contributed by atoms with Crippen LogP contribution >= 0.6 is 12.2 Å². The van der Waals surface area contributed by atoms with Crippen LogP contribution in [0.15, 0.2) is 0 Å². The second-order valence-electron chi connectivity index (χ2n) is 3.54. The Hall–Kier alpha value is -1.17. The standard InChI is InChI=1S/C10H19N3O2S/c1-3-7(4-2)5-12-9(14)10(15)13-6-8(11)16/h7H,3-6H2,1-2H3,(H2,11,16)(H,12,14)(H,13,15). The molecule has 0 saturated carbocycles. The first-order valence-electron chi connectivity index (χ1n) is 5.35. The second-order valence-corrected chi connectivity index (χ2v) is 4.07. The van der Waals surface area contributed by atoms with Crippen LogP contribution in [0.4, 0.5) is 0 Å². The van der Waals surface area contributed by atoms with Gasteiger partial charge in [0.15, 0.2) is 0 Å². The van der Waals surface area contributed by atoms with Gasteiger partial charge in [-0.25, -0.2) is 0 Å². The largest absolute Gasteiger partial charge is 0.392 e. The van der Waals surface area contributed by atoms with Crippen molar-refractivity contribution in [3.63, 3.8) is 0 Å². The van der Waals surface area contributed by atoms with E-state index in [0.717, 1.165) is 12.8 Å². The van der Waals surface area contributed by atoms with E-state index in [-0.39, 0.29) is 11.5 Å². The molecular formula is C10H19N3O2S. The van der Waals surface area contributed by atoms with Gasteiger partial charge in [0, 0.05) is 6.54 Å². The molecule has 0 aromatic rings. The summed E-state index contributed by atoms with van der Waals surface area (Å²) in [5.41, 5.74) is 5.19. The average Bonchev–Trinajstić information content (AvgIpc) is 2.26. The smallest absolute Gasteiger partial charge is 0.309 e. The number of carbonyl (C=O) groups is 2. The molecule has 0 aliphatic rings. The quantitative estimate of drug-likeness (QED) is 0.452. The monoisotopic (exact) mass is 245 g/mol. The van der Waals surface area contributed by atoms with Gasteiger partial charge in [-0.15, -0.1) is 0 Å². The molecule has 2 amide bonds. The number of nitrogens with two attached hydrogens (primary N) is 1. The Bertz CT molecular complexity index is 265. The third kappa shape index (κ3) is 6.34. The van der Waals surface area contributed by atoms with Crippen molar-refractivity contribution in [3.05, 3.63) is 0 Å². The van der Waals surface area contributed by atoms with E-state index in [9.17, 15) is 9.59 Å². The predicted octanol–water partition coefficient (Wildman–Crippen LogP) is -0.0589. The maximum Gasteiger partial charge on any atom is 0.309 e. The number of amides is 2. The summed E-state index contributed by atoms with van der Waals surface area (Å²) in [6.45, 7) is 4.67. The van der Waals surface area contributed by atoms with Crippen LogP contribution in [0.3, 0.4) is 0 Å². The number of hydrogen-bond acceptors (Lipinski definition) is 3. The van der Waals surface area contributed by atoms with Crippen LogP contribution in [0.25, 0.3) is 0 Å². The summed E-state index contributed by atoms with van der Waals surface area (Å²) < 4.78 is 0. The highest BCUT2D eigenvalue weighted by Crippen LogP contribution is 2.04. The van der Waals surface area contributed by atoms with Crippen LogP contribution in [0.2, 0.25) is 0 Å². The van der Waals surface area contributed by atoms with E-state index in [1.807, 2.05) is 13.8 Å². The topological polar surface area (TPSA) is 84.2 Å². The molecule has 6 heteroatoms. The third-order valence-electron chi connectivity index (χ3n) is 2.34. The number of hydrogen-bond donors (Lipinski definition) is 3. The zero-order chi connectivity index (χ0) is 12.6. The molecule has 0 atom stereocenters. The van der Waals surface area contributed by atoms with Gasteiger partial charge in [-0.3, -0.25) is 9.59 Å². The van der Waals surface area contributed by atoms with Gasteiger partial charge in [-0.1, -0.05) is 38.9 Å². The van der Waals surface area contributed by atoms with Crippen LogP contribution in [-0.2, 0) is 9.59 Å². The lowest BCUT2D eigenvalue weighted by molar-refractivity contribution is -0.139. The van der Waals surface area contributed by atoms with E-state index in [1.165, 1.54) is 0 Å². The molecule has 0 fully saturated rings. The summed E-state index contributed by atoms with van der Waals surface area (Å²) in [7, 11) is 0. The molecule has 0 rings (SSSR count). The van der Waals surface area contributed by atoms with E-state index < -0.39 is 11.8 Å². The highest BCUT2D eigenvalue weighted by atomic mass is 32.1. The molecule has 0 heterocycles. The Morgan fingerprint density at radius 1 is 1.19 bits per heavy atom. The van der Waals surface area contributed by atoms with Crippen molar-refractivity contribution in [3.8, 4) is 0 Å². The zero-order valence-corrected chi connectivity index (χ0v) is 10.5. The highest BCUT2D eigenvalue weighted by molar-refractivity contribution is 7.80. The van der Waals surface area contributed by atoms with Crippen LogP contribution in [0.1, 0.15) is 26.7 Å². The molecule has 0 aromatic carbocycles. The Kier molecular flexibility index (Phi) is 7.45. The predicted molar refractivity (Wildman–Crippen MR) is 66.9 cm³/mol. The number of carbonyl (C=O) groups excluding carboxylic acids is 2. The molecule has 0 aliphatic heterocycles. The molecule has 92 valence electrons. The minimum Gasteiger partial charge on any atom is -0.392 e. The van der Waals surface area contributed by atoms with E-state index in [2.05, 4.69) is 22.9 Å². The van der Waals surface area contributed by atoms with E-state index >= 15 is 0 Å². The molecule has 0 saturated heterocycles. The van der Waals surface area contributed by atoms with Gasteiger partial charge in [0.25, 0.3) is 0 Å². The molecule has 0 unspecified atom stereocenters. The van der Waals surface area contributed by atoms with Crippen molar-refractivity contribution in [1.29, 1.82) is 0 Å². The summed E-state index contributed by atoms with van der Waals surface area (Å²) in [5, 5.41) is 4.90. The normalized spacial score (nSPS) is 9.94. The Balaban J connectivity index is 3.87. The van der Waals surface area contributed by atoms with Gasteiger partial charge in [-0.2, -0.15) is 0 Å². The highest BCUT2D eigenvalue weighted by Gasteiger charge is 2.14. The van der Waals surface area contributed by atoms with Crippen molar-refractivity contribution >= 4 is 29.0 Å². The Labute approximate surface area is 101 Å². The summed E-state index contributed by atoms with van der Waals surface area (Å²) in [4.78, 5) is 22.6. The van der Waals surface area contributed by atoms with Crippen molar-refractivity contribution in [2.75, 3.05) is 13.1 Å². The lowest BCUT2D eigenvalue weighted by atomic mass is 10.0. The SMILES string of the molecule is CCC(CC)CNC(=O)C(=O)NCC(N)=S. The van der Waals surface area contributed by atoms with E-state index in [1.54, 1.807) is 0 Å². The number of nitrogens with one attached hydrogen (secondary N) is 2.